The molecule has 5 heteroatoms. The molecule has 4 nitrogen and oxygen atoms in total. The van der Waals surface area contributed by atoms with Gasteiger partial charge in [-0.3, -0.25) is 4.79 Å². The normalized spacial score (nSPS) is 15.8. The summed E-state index contributed by atoms with van der Waals surface area (Å²) >= 11 is 0. The monoisotopic (exact) mass is 485 g/mol. The highest BCUT2D eigenvalue weighted by Crippen LogP contribution is 2.20. The van der Waals surface area contributed by atoms with Crippen molar-refractivity contribution >= 4 is 25.3 Å². The highest BCUT2D eigenvalue weighted by molar-refractivity contribution is 6.89. The Morgan fingerprint density at radius 2 is 1.57 bits per heavy atom. The molecule has 0 unspecified atom stereocenters. The molecule has 1 saturated heterocycles. The topological polar surface area (TPSA) is 46.6 Å². The number of benzene rings is 3. The first-order valence-electron chi connectivity index (χ1n) is 12.5. The Hall–Kier alpha value is -3.18. The number of rotatable bonds is 9. The molecule has 1 fully saturated rings. The third kappa shape index (κ3) is 6.49. The standard InChI is InChI=1S/C30H35NO3Si/c1-23-11-13-24(14-12-23)10-7-19-35(2,3)28-17-15-26(16-18-28)21-29(32)31-27(22-34-30(31)33)20-25-8-5-4-6-9-25/h4-6,8-9,11-18,27H,7,10,19-22H2,1-3H3/t27-/m0/s1. The van der Waals surface area contributed by atoms with Crippen LogP contribution >= 0.6 is 0 Å². The van der Waals surface area contributed by atoms with Gasteiger partial charge in [-0.15, -0.1) is 0 Å². The lowest BCUT2D eigenvalue weighted by Gasteiger charge is -2.23. The molecule has 35 heavy (non-hydrogen) atoms. The van der Waals surface area contributed by atoms with E-state index in [-0.39, 0.29) is 25.0 Å². The zero-order chi connectivity index (χ0) is 24.8. The average molecular weight is 486 g/mol. The van der Waals surface area contributed by atoms with Crippen molar-refractivity contribution in [2.24, 2.45) is 0 Å². The Bertz CT molecular complexity index is 1140. The number of imide groups is 1. The maximum absolute atomic E-state index is 13.0. The van der Waals surface area contributed by atoms with E-state index in [0.29, 0.717) is 6.42 Å². The van der Waals surface area contributed by atoms with E-state index in [1.807, 2.05) is 30.3 Å². The number of ether oxygens (including phenoxy) is 1. The zero-order valence-electron chi connectivity index (χ0n) is 21.0. The molecule has 1 atom stereocenters. The molecule has 1 aliphatic heterocycles. The molecule has 0 N–H and O–H groups in total. The summed E-state index contributed by atoms with van der Waals surface area (Å²) in [6.07, 6.45) is 2.58. The van der Waals surface area contributed by atoms with Crippen LogP contribution in [0.1, 0.15) is 28.7 Å². The van der Waals surface area contributed by atoms with Crippen LogP contribution in [-0.4, -0.2) is 37.6 Å². The van der Waals surface area contributed by atoms with Gasteiger partial charge in [-0.05, 0) is 36.5 Å². The lowest BCUT2D eigenvalue weighted by molar-refractivity contribution is -0.128. The molecule has 0 radical (unpaired) electrons. The number of amides is 2. The minimum Gasteiger partial charge on any atom is -0.447 e. The largest absolute Gasteiger partial charge is 0.447 e. The third-order valence-corrected chi connectivity index (χ3v) is 10.5. The van der Waals surface area contributed by atoms with Crippen LogP contribution in [0.25, 0.3) is 0 Å². The van der Waals surface area contributed by atoms with Crippen LogP contribution in [0.5, 0.6) is 0 Å². The summed E-state index contributed by atoms with van der Waals surface area (Å²) in [7, 11) is -1.57. The van der Waals surface area contributed by atoms with Gasteiger partial charge in [0, 0.05) is 0 Å². The molecule has 3 aromatic carbocycles. The molecule has 182 valence electrons. The first kappa shape index (κ1) is 24.9. The minimum atomic E-state index is -1.57. The fourth-order valence-corrected chi connectivity index (χ4v) is 7.19. The SMILES string of the molecule is Cc1ccc(CCC[Si](C)(C)c2ccc(CC(=O)N3C(=O)OC[C@@H]3Cc3ccccc3)cc2)cc1. The molecule has 0 spiro atoms. The van der Waals surface area contributed by atoms with Gasteiger partial charge < -0.3 is 4.74 Å². The Morgan fingerprint density at radius 3 is 2.26 bits per heavy atom. The van der Waals surface area contributed by atoms with Gasteiger partial charge in [0.1, 0.15) is 6.61 Å². The molecule has 0 aliphatic carbocycles. The quantitative estimate of drug-likeness (QED) is 0.367. The first-order chi connectivity index (χ1) is 16.8. The lowest BCUT2D eigenvalue weighted by atomic mass is 10.0. The van der Waals surface area contributed by atoms with Gasteiger partial charge in [-0.2, -0.15) is 0 Å². The fourth-order valence-electron chi connectivity index (χ4n) is 4.77. The second-order valence-corrected chi connectivity index (χ2v) is 15.1. The van der Waals surface area contributed by atoms with Gasteiger partial charge in [-0.1, -0.05) is 115 Å². The molecule has 1 heterocycles. The molecule has 1 aliphatic rings. The molecule has 2 amide bonds. The Labute approximate surface area is 209 Å². The van der Waals surface area contributed by atoms with Gasteiger partial charge in [0.25, 0.3) is 0 Å². The second-order valence-electron chi connectivity index (χ2n) is 10.3. The summed E-state index contributed by atoms with van der Waals surface area (Å²) in [6, 6.07) is 28.2. The van der Waals surface area contributed by atoms with Gasteiger partial charge in [-0.25, -0.2) is 9.69 Å². The smallest absolute Gasteiger partial charge is 0.416 e. The van der Waals surface area contributed by atoms with Crippen LogP contribution in [0, 0.1) is 6.92 Å². The summed E-state index contributed by atoms with van der Waals surface area (Å²) in [5.41, 5.74) is 4.73. The van der Waals surface area contributed by atoms with Crippen LogP contribution in [-0.2, 0) is 28.8 Å². The molecule has 0 bridgehead atoms. The van der Waals surface area contributed by atoms with Crippen LogP contribution in [0.4, 0.5) is 4.79 Å². The number of aryl methyl sites for hydroxylation is 2. The van der Waals surface area contributed by atoms with Crippen molar-refractivity contribution in [2.45, 2.75) is 57.8 Å². The van der Waals surface area contributed by atoms with E-state index in [0.717, 1.165) is 17.5 Å². The second kappa shape index (κ2) is 11.0. The van der Waals surface area contributed by atoms with E-state index < -0.39 is 14.2 Å². The van der Waals surface area contributed by atoms with Crippen molar-refractivity contribution in [1.29, 1.82) is 0 Å². The Morgan fingerprint density at radius 1 is 0.914 bits per heavy atom. The maximum atomic E-state index is 13.0. The third-order valence-electron chi connectivity index (χ3n) is 7.02. The van der Waals surface area contributed by atoms with Crippen molar-refractivity contribution in [3.05, 3.63) is 101 Å². The molecule has 4 rings (SSSR count). The predicted octanol–water partition coefficient (Wildman–Crippen LogP) is 5.68. The van der Waals surface area contributed by atoms with Crippen LogP contribution in [0.3, 0.4) is 0 Å². The van der Waals surface area contributed by atoms with Crippen molar-refractivity contribution in [2.75, 3.05) is 6.61 Å². The molecule has 3 aromatic rings. The summed E-state index contributed by atoms with van der Waals surface area (Å²) in [6.45, 7) is 7.20. The Kier molecular flexibility index (Phi) is 7.86. The van der Waals surface area contributed by atoms with Crippen molar-refractivity contribution in [3.8, 4) is 0 Å². The van der Waals surface area contributed by atoms with Crippen LogP contribution in [0.15, 0.2) is 78.9 Å². The predicted molar refractivity (Wildman–Crippen MR) is 144 cm³/mol. The van der Waals surface area contributed by atoms with E-state index in [2.05, 4.69) is 68.5 Å². The molecule has 0 aromatic heterocycles. The summed E-state index contributed by atoms with van der Waals surface area (Å²) in [5, 5.41) is 1.40. The number of hydrogen-bond donors (Lipinski definition) is 0. The minimum absolute atomic E-state index is 0.198. The van der Waals surface area contributed by atoms with E-state index in [9.17, 15) is 9.59 Å². The molecule has 0 saturated carbocycles. The van der Waals surface area contributed by atoms with Gasteiger partial charge >= 0.3 is 6.09 Å². The van der Waals surface area contributed by atoms with Gasteiger partial charge in [0.15, 0.2) is 0 Å². The van der Waals surface area contributed by atoms with Crippen molar-refractivity contribution in [1.82, 2.24) is 4.90 Å². The van der Waals surface area contributed by atoms with Crippen LogP contribution in [0.2, 0.25) is 19.1 Å². The van der Waals surface area contributed by atoms with E-state index in [4.69, 9.17) is 4.74 Å². The number of cyclic esters (lactones) is 1. The van der Waals surface area contributed by atoms with E-state index in [1.165, 1.54) is 33.7 Å². The van der Waals surface area contributed by atoms with Crippen molar-refractivity contribution < 1.29 is 14.3 Å². The van der Waals surface area contributed by atoms with E-state index in [1.54, 1.807) is 0 Å². The molecular formula is C30H35NO3Si. The zero-order valence-corrected chi connectivity index (χ0v) is 22.0. The average Bonchev–Trinajstić information content (AvgIpc) is 3.21. The number of nitrogens with zero attached hydrogens (tertiary/aromatic N) is 1. The number of carbonyl (C=O) groups is 2. The van der Waals surface area contributed by atoms with Gasteiger partial charge in [0.05, 0.1) is 20.5 Å². The van der Waals surface area contributed by atoms with Gasteiger partial charge in [0.2, 0.25) is 5.91 Å². The highest BCUT2D eigenvalue weighted by atomic mass is 28.3. The maximum Gasteiger partial charge on any atom is 0.416 e. The van der Waals surface area contributed by atoms with E-state index >= 15 is 0 Å². The number of carbonyl (C=O) groups excluding carboxylic acids is 2. The Balaban J connectivity index is 1.33. The highest BCUT2D eigenvalue weighted by Gasteiger charge is 2.37. The summed E-state index contributed by atoms with van der Waals surface area (Å²) in [5.74, 6) is -0.198. The molecular weight excluding hydrogens is 450 g/mol. The first-order valence-corrected chi connectivity index (χ1v) is 15.7. The lowest BCUT2D eigenvalue weighted by Crippen LogP contribution is -2.42. The number of hydrogen-bond acceptors (Lipinski definition) is 3. The van der Waals surface area contributed by atoms with Crippen LogP contribution < -0.4 is 5.19 Å². The summed E-state index contributed by atoms with van der Waals surface area (Å²) in [4.78, 5) is 26.6. The summed E-state index contributed by atoms with van der Waals surface area (Å²) < 4.78 is 5.22. The van der Waals surface area contributed by atoms with Crippen molar-refractivity contribution in [3.63, 3.8) is 0 Å². The fraction of sp³-hybridized carbons (Fsp3) is 0.333.